The number of benzene rings is 1. The lowest BCUT2D eigenvalue weighted by molar-refractivity contribution is 0.174. The number of fused-ring (bicyclic) bond motifs is 2. The largest absolute Gasteiger partial charge is 0.454 e. The fourth-order valence-electron chi connectivity index (χ4n) is 2.40. The lowest BCUT2D eigenvalue weighted by atomic mass is 10.2. The zero-order chi connectivity index (χ0) is 14.6. The van der Waals surface area contributed by atoms with Crippen LogP contribution in [0.3, 0.4) is 0 Å². The van der Waals surface area contributed by atoms with Crippen LogP contribution in [0, 0.1) is 13.8 Å². The zero-order valence-corrected chi connectivity index (χ0v) is 12.2. The van der Waals surface area contributed by atoms with Crippen LogP contribution in [0.5, 0.6) is 11.5 Å². The summed E-state index contributed by atoms with van der Waals surface area (Å²) in [6.45, 7) is 4.11. The first kappa shape index (κ1) is 12.4. The van der Waals surface area contributed by atoms with E-state index in [0.717, 1.165) is 22.7 Å². The van der Waals surface area contributed by atoms with Crippen LogP contribution in [0.2, 0.25) is 5.15 Å². The summed E-state index contributed by atoms with van der Waals surface area (Å²) in [6.07, 6.45) is 0. The van der Waals surface area contributed by atoms with Gasteiger partial charge in [-0.05, 0) is 32.0 Å². The fourth-order valence-corrected chi connectivity index (χ4v) is 2.65. The molecule has 0 spiro atoms. The molecule has 0 atom stereocenters. The molecule has 7 heteroatoms. The second-order valence-corrected chi connectivity index (χ2v) is 5.18. The van der Waals surface area contributed by atoms with Gasteiger partial charge in [0.05, 0.1) is 5.69 Å². The average Bonchev–Trinajstić information content (AvgIpc) is 3.10. The Hall–Kier alpha value is -2.34. The van der Waals surface area contributed by atoms with E-state index in [0.29, 0.717) is 22.4 Å². The first-order valence-corrected chi connectivity index (χ1v) is 6.81. The van der Waals surface area contributed by atoms with Gasteiger partial charge in [-0.3, -0.25) is 4.40 Å². The van der Waals surface area contributed by atoms with E-state index in [4.69, 9.17) is 21.1 Å². The van der Waals surface area contributed by atoms with E-state index in [9.17, 15) is 0 Å². The molecule has 3 aromatic rings. The summed E-state index contributed by atoms with van der Waals surface area (Å²) >= 11 is 6.15. The summed E-state index contributed by atoms with van der Waals surface area (Å²) in [5.74, 6) is 2.15. The number of aryl methyl sites for hydroxylation is 2. The van der Waals surface area contributed by atoms with Crippen LogP contribution in [-0.2, 0) is 0 Å². The molecular formula is C14H11ClN4O2. The Morgan fingerprint density at radius 2 is 1.95 bits per heavy atom. The number of ether oxygens (including phenoxy) is 2. The Balaban J connectivity index is 1.99. The molecule has 4 rings (SSSR count). The van der Waals surface area contributed by atoms with Crippen LogP contribution >= 0.6 is 11.6 Å². The third-order valence-electron chi connectivity index (χ3n) is 3.60. The van der Waals surface area contributed by atoms with Gasteiger partial charge in [0.2, 0.25) is 6.79 Å². The zero-order valence-electron chi connectivity index (χ0n) is 11.4. The van der Waals surface area contributed by atoms with E-state index in [2.05, 4.69) is 15.2 Å². The molecule has 1 aromatic carbocycles. The standard InChI is InChI=1S/C14H11ClN4O2/c1-7-8(2)19-13(17-18-14(19)12(15)16-7)9-3-4-10-11(5-9)21-6-20-10/h3-5H,6H2,1-2H3. The molecular weight excluding hydrogens is 292 g/mol. The highest BCUT2D eigenvalue weighted by Crippen LogP contribution is 2.36. The summed E-state index contributed by atoms with van der Waals surface area (Å²) in [7, 11) is 0. The molecule has 0 unspecified atom stereocenters. The van der Waals surface area contributed by atoms with Crippen molar-refractivity contribution in [1.29, 1.82) is 0 Å². The smallest absolute Gasteiger partial charge is 0.231 e. The molecule has 6 nitrogen and oxygen atoms in total. The molecule has 0 saturated carbocycles. The number of halogens is 1. The highest BCUT2D eigenvalue weighted by Gasteiger charge is 2.19. The van der Waals surface area contributed by atoms with Gasteiger partial charge in [0, 0.05) is 11.3 Å². The second kappa shape index (κ2) is 4.33. The molecule has 106 valence electrons. The first-order valence-electron chi connectivity index (χ1n) is 6.43. The first-order chi connectivity index (χ1) is 10.1. The average molecular weight is 303 g/mol. The quantitative estimate of drug-likeness (QED) is 0.691. The Kier molecular flexibility index (Phi) is 2.56. The summed E-state index contributed by atoms with van der Waals surface area (Å²) in [5.41, 5.74) is 3.23. The van der Waals surface area contributed by atoms with Crippen molar-refractivity contribution in [2.75, 3.05) is 6.79 Å². The normalized spacial score (nSPS) is 13.1. The van der Waals surface area contributed by atoms with Gasteiger partial charge in [-0.25, -0.2) is 4.98 Å². The van der Waals surface area contributed by atoms with Crippen molar-refractivity contribution >= 4 is 17.2 Å². The fraction of sp³-hybridized carbons (Fsp3) is 0.214. The molecule has 0 amide bonds. The van der Waals surface area contributed by atoms with Crippen molar-refractivity contribution in [2.45, 2.75) is 13.8 Å². The molecule has 0 radical (unpaired) electrons. The molecule has 3 heterocycles. The van der Waals surface area contributed by atoms with Crippen molar-refractivity contribution < 1.29 is 9.47 Å². The highest BCUT2D eigenvalue weighted by molar-refractivity contribution is 6.32. The predicted octanol–water partition coefficient (Wildman–Crippen LogP) is 2.79. The molecule has 0 fully saturated rings. The minimum absolute atomic E-state index is 0.243. The topological polar surface area (TPSA) is 61.5 Å². The molecule has 0 aliphatic carbocycles. The maximum atomic E-state index is 6.15. The Morgan fingerprint density at radius 1 is 1.14 bits per heavy atom. The number of hydrogen-bond acceptors (Lipinski definition) is 5. The van der Waals surface area contributed by atoms with Crippen LogP contribution in [-0.4, -0.2) is 26.4 Å². The van der Waals surface area contributed by atoms with Gasteiger partial charge in [-0.15, -0.1) is 10.2 Å². The number of rotatable bonds is 1. The van der Waals surface area contributed by atoms with Gasteiger partial charge in [-0.2, -0.15) is 0 Å². The lowest BCUT2D eigenvalue weighted by Gasteiger charge is -2.07. The van der Waals surface area contributed by atoms with Crippen LogP contribution in [0.4, 0.5) is 0 Å². The van der Waals surface area contributed by atoms with E-state index in [1.807, 2.05) is 36.4 Å². The molecule has 1 aliphatic heterocycles. The third kappa shape index (κ3) is 1.76. The van der Waals surface area contributed by atoms with Crippen molar-refractivity contribution in [2.24, 2.45) is 0 Å². The summed E-state index contributed by atoms with van der Waals surface area (Å²) in [5, 5.41) is 8.73. The Labute approximate surface area is 125 Å². The van der Waals surface area contributed by atoms with Crippen molar-refractivity contribution in [3.05, 3.63) is 34.7 Å². The van der Waals surface area contributed by atoms with Crippen LogP contribution in [0.15, 0.2) is 18.2 Å². The molecule has 2 aromatic heterocycles. The SMILES string of the molecule is Cc1nc(Cl)c2nnc(-c3ccc4c(c3)OCO4)n2c1C. The van der Waals surface area contributed by atoms with E-state index >= 15 is 0 Å². The van der Waals surface area contributed by atoms with Gasteiger partial charge in [0.1, 0.15) is 0 Å². The number of hydrogen-bond donors (Lipinski definition) is 0. The van der Waals surface area contributed by atoms with Gasteiger partial charge in [0.25, 0.3) is 0 Å². The van der Waals surface area contributed by atoms with Gasteiger partial charge in [-0.1, -0.05) is 11.6 Å². The van der Waals surface area contributed by atoms with Crippen molar-refractivity contribution in [1.82, 2.24) is 19.6 Å². The summed E-state index contributed by atoms with van der Waals surface area (Å²) in [6, 6.07) is 5.68. The van der Waals surface area contributed by atoms with Crippen molar-refractivity contribution in [3.63, 3.8) is 0 Å². The molecule has 1 aliphatic rings. The summed E-state index contributed by atoms with van der Waals surface area (Å²) < 4.78 is 12.6. The monoisotopic (exact) mass is 302 g/mol. The van der Waals surface area contributed by atoms with Gasteiger partial charge < -0.3 is 9.47 Å². The molecule has 0 saturated heterocycles. The van der Waals surface area contributed by atoms with E-state index in [1.165, 1.54) is 0 Å². The Bertz CT molecular complexity index is 875. The predicted molar refractivity (Wildman–Crippen MR) is 76.8 cm³/mol. The second-order valence-electron chi connectivity index (χ2n) is 4.82. The number of nitrogens with zero attached hydrogens (tertiary/aromatic N) is 4. The summed E-state index contributed by atoms with van der Waals surface area (Å²) in [4.78, 5) is 4.26. The van der Waals surface area contributed by atoms with Gasteiger partial charge in [0.15, 0.2) is 28.1 Å². The highest BCUT2D eigenvalue weighted by atomic mass is 35.5. The van der Waals surface area contributed by atoms with E-state index < -0.39 is 0 Å². The van der Waals surface area contributed by atoms with Gasteiger partial charge >= 0.3 is 0 Å². The maximum Gasteiger partial charge on any atom is 0.231 e. The van der Waals surface area contributed by atoms with E-state index in [-0.39, 0.29) is 6.79 Å². The Morgan fingerprint density at radius 3 is 2.81 bits per heavy atom. The van der Waals surface area contributed by atoms with Crippen LogP contribution < -0.4 is 9.47 Å². The molecule has 21 heavy (non-hydrogen) atoms. The lowest BCUT2D eigenvalue weighted by Crippen LogP contribution is -2.00. The van der Waals surface area contributed by atoms with Crippen molar-refractivity contribution in [3.8, 4) is 22.9 Å². The minimum atomic E-state index is 0.243. The molecule has 0 N–H and O–H groups in total. The molecule has 0 bridgehead atoms. The third-order valence-corrected chi connectivity index (χ3v) is 3.86. The van der Waals surface area contributed by atoms with E-state index in [1.54, 1.807) is 0 Å². The number of aromatic nitrogens is 4. The van der Waals surface area contributed by atoms with Crippen LogP contribution in [0.1, 0.15) is 11.4 Å². The van der Waals surface area contributed by atoms with Crippen LogP contribution in [0.25, 0.3) is 17.0 Å². The minimum Gasteiger partial charge on any atom is -0.454 e. The maximum absolute atomic E-state index is 6.15.